The summed E-state index contributed by atoms with van der Waals surface area (Å²) < 4.78 is 10.7. The van der Waals surface area contributed by atoms with Crippen LogP contribution in [0.3, 0.4) is 0 Å². The number of esters is 1. The van der Waals surface area contributed by atoms with Crippen LogP contribution in [0.2, 0.25) is 0 Å². The second-order valence-corrected chi connectivity index (χ2v) is 13.6. The van der Waals surface area contributed by atoms with Gasteiger partial charge in [-0.05, 0) is 94.3 Å². The van der Waals surface area contributed by atoms with Gasteiger partial charge in [0.25, 0.3) is 11.8 Å². The Labute approximate surface area is 283 Å². The Kier molecular flexibility index (Phi) is 8.57. The number of aryl methyl sites for hydroxylation is 1. The van der Waals surface area contributed by atoms with E-state index in [9.17, 15) is 14.4 Å². The van der Waals surface area contributed by atoms with Crippen molar-refractivity contribution < 1.29 is 23.9 Å². The molecule has 2 fully saturated rings. The number of fused-ring (bicyclic) bond motifs is 1. The van der Waals surface area contributed by atoms with E-state index in [1.807, 2.05) is 56.3 Å². The Morgan fingerprint density at radius 2 is 1.75 bits per heavy atom. The molecule has 10 nitrogen and oxygen atoms in total. The summed E-state index contributed by atoms with van der Waals surface area (Å²) in [6, 6.07) is 21.3. The van der Waals surface area contributed by atoms with Crippen LogP contribution in [-0.2, 0) is 9.47 Å². The molecule has 48 heavy (non-hydrogen) atoms. The number of para-hydroxylation sites is 2. The summed E-state index contributed by atoms with van der Waals surface area (Å²) in [7, 11) is 0. The molecule has 1 spiro atoms. The standard InChI is InChI=1S/C37H37N5O5S/c1-4-47-36(45)31-16-15-30(48-31)32-24(3)42(29-8-6-5-7-28(29)40-32)35(44)25-10-12-26(13-11-25)39-34(43)27-14-9-23(2)38-33(27)41-21-37(22-41)17-19-46-20-18-37/h5-16,24H,4,17-22H2,1-3H3,(H,39,43)/t24-/m1/s1. The molecule has 7 rings (SSSR count). The van der Waals surface area contributed by atoms with Crippen molar-refractivity contribution in [2.75, 3.05) is 48.0 Å². The van der Waals surface area contributed by atoms with Crippen LogP contribution < -0.4 is 15.1 Å². The van der Waals surface area contributed by atoms with E-state index < -0.39 is 6.04 Å². The van der Waals surface area contributed by atoms with Gasteiger partial charge in [0.15, 0.2) is 0 Å². The molecular weight excluding hydrogens is 627 g/mol. The van der Waals surface area contributed by atoms with Gasteiger partial charge in [0.2, 0.25) is 0 Å². The second kappa shape index (κ2) is 13.0. The average Bonchev–Trinajstić information content (AvgIpc) is 3.58. The molecule has 2 saturated heterocycles. The van der Waals surface area contributed by atoms with Gasteiger partial charge in [0.1, 0.15) is 10.7 Å². The topological polar surface area (TPSA) is 113 Å². The first-order chi connectivity index (χ1) is 23.2. The zero-order chi connectivity index (χ0) is 33.4. The Morgan fingerprint density at radius 3 is 2.50 bits per heavy atom. The van der Waals surface area contributed by atoms with Crippen molar-refractivity contribution in [1.29, 1.82) is 0 Å². The van der Waals surface area contributed by atoms with Gasteiger partial charge in [0, 0.05) is 48.7 Å². The van der Waals surface area contributed by atoms with Crippen LogP contribution >= 0.6 is 11.3 Å². The molecule has 2 aromatic heterocycles. The molecule has 2 amide bonds. The van der Waals surface area contributed by atoms with Gasteiger partial charge in [0.05, 0.1) is 40.2 Å². The predicted octanol–water partition coefficient (Wildman–Crippen LogP) is 6.67. The number of anilines is 3. The number of thiophene rings is 1. The third kappa shape index (κ3) is 5.99. The number of hydrogen-bond donors (Lipinski definition) is 1. The van der Waals surface area contributed by atoms with Gasteiger partial charge in [-0.15, -0.1) is 11.3 Å². The third-order valence-corrected chi connectivity index (χ3v) is 10.4. The number of aromatic nitrogens is 1. The monoisotopic (exact) mass is 663 g/mol. The van der Waals surface area contributed by atoms with Gasteiger partial charge < -0.3 is 19.7 Å². The molecular formula is C37H37N5O5S. The SMILES string of the molecule is CCOC(=O)c1ccc(C2=Nc3ccccc3N(C(=O)c3ccc(NC(=O)c4ccc(C)nc4N4CC5(CCOCC5)C4)cc3)[C@@H]2C)s1. The average molecular weight is 664 g/mol. The lowest BCUT2D eigenvalue weighted by molar-refractivity contribution is -0.000520. The van der Waals surface area contributed by atoms with Crippen LogP contribution in [-0.4, -0.2) is 67.4 Å². The quantitative estimate of drug-likeness (QED) is 0.220. The van der Waals surface area contributed by atoms with Crippen molar-refractivity contribution in [3.05, 3.63) is 99.4 Å². The molecule has 3 aliphatic heterocycles. The number of ether oxygens (including phenoxy) is 2. The van der Waals surface area contributed by atoms with Crippen molar-refractivity contribution >= 4 is 57.7 Å². The van der Waals surface area contributed by atoms with E-state index in [0.717, 1.165) is 49.7 Å². The smallest absolute Gasteiger partial charge is 0.348 e. The molecule has 11 heteroatoms. The number of nitrogens with one attached hydrogen (secondary N) is 1. The van der Waals surface area contributed by atoms with Crippen LogP contribution in [0.15, 0.2) is 77.8 Å². The molecule has 0 bridgehead atoms. The Hall–Kier alpha value is -4.87. The van der Waals surface area contributed by atoms with E-state index >= 15 is 0 Å². The number of pyridine rings is 1. The summed E-state index contributed by atoms with van der Waals surface area (Å²) >= 11 is 1.30. The molecule has 0 radical (unpaired) electrons. The lowest BCUT2D eigenvalue weighted by Crippen LogP contribution is -2.59. The highest BCUT2D eigenvalue weighted by Crippen LogP contribution is 2.43. The summed E-state index contributed by atoms with van der Waals surface area (Å²) in [5.74, 6) is -0.127. The first kappa shape index (κ1) is 31.7. The van der Waals surface area contributed by atoms with Crippen LogP contribution in [0.25, 0.3) is 0 Å². The van der Waals surface area contributed by atoms with Crippen molar-refractivity contribution in [3.63, 3.8) is 0 Å². The van der Waals surface area contributed by atoms with E-state index in [0.29, 0.717) is 51.2 Å². The minimum absolute atomic E-state index is 0.202. The number of hydrogen-bond acceptors (Lipinski definition) is 9. The third-order valence-electron chi connectivity index (χ3n) is 9.27. The minimum atomic E-state index is -0.408. The fourth-order valence-corrected chi connectivity index (χ4v) is 7.65. The largest absolute Gasteiger partial charge is 0.462 e. The summed E-state index contributed by atoms with van der Waals surface area (Å²) in [6.45, 7) is 9.23. The summed E-state index contributed by atoms with van der Waals surface area (Å²) in [6.07, 6.45) is 2.06. The summed E-state index contributed by atoms with van der Waals surface area (Å²) in [5, 5.41) is 3.01. The lowest BCUT2D eigenvalue weighted by atomic mass is 9.73. The Morgan fingerprint density at radius 1 is 1.00 bits per heavy atom. The van der Waals surface area contributed by atoms with Crippen LogP contribution in [0.5, 0.6) is 0 Å². The van der Waals surface area contributed by atoms with Crippen molar-refractivity contribution in [2.24, 2.45) is 10.4 Å². The molecule has 0 unspecified atom stereocenters. The maximum Gasteiger partial charge on any atom is 0.348 e. The van der Waals surface area contributed by atoms with Gasteiger partial charge in [-0.25, -0.2) is 14.8 Å². The Balaban J connectivity index is 1.08. The van der Waals surface area contributed by atoms with Gasteiger partial charge >= 0.3 is 5.97 Å². The van der Waals surface area contributed by atoms with Crippen LogP contribution in [0.1, 0.15) is 67.6 Å². The highest BCUT2D eigenvalue weighted by Gasteiger charge is 2.45. The highest BCUT2D eigenvalue weighted by atomic mass is 32.1. The molecule has 5 heterocycles. The minimum Gasteiger partial charge on any atom is -0.462 e. The molecule has 1 N–H and O–H groups in total. The van der Waals surface area contributed by atoms with E-state index in [-0.39, 0.29) is 23.2 Å². The lowest BCUT2D eigenvalue weighted by Gasteiger charge is -2.53. The Bertz CT molecular complexity index is 1910. The number of aliphatic imine (C=N–C) groups is 1. The van der Waals surface area contributed by atoms with Crippen molar-refractivity contribution in [3.8, 4) is 0 Å². The van der Waals surface area contributed by atoms with E-state index in [1.165, 1.54) is 11.3 Å². The van der Waals surface area contributed by atoms with Gasteiger partial charge in [-0.2, -0.15) is 0 Å². The number of carbonyl (C=O) groups excluding carboxylic acids is 3. The summed E-state index contributed by atoms with van der Waals surface area (Å²) in [5.41, 5.74) is 4.73. The van der Waals surface area contributed by atoms with Gasteiger partial charge in [-0.3, -0.25) is 14.5 Å². The molecule has 3 aliphatic rings. The van der Waals surface area contributed by atoms with Crippen molar-refractivity contribution in [1.82, 2.24) is 4.98 Å². The zero-order valence-corrected chi connectivity index (χ0v) is 28.0. The normalized spacial score (nSPS) is 18.1. The molecule has 0 aliphatic carbocycles. The molecule has 2 aromatic carbocycles. The fraction of sp³-hybridized carbons (Fsp3) is 0.324. The first-order valence-electron chi connectivity index (χ1n) is 16.3. The zero-order valence-electron chi connectivity index (χ0n) is 27.2. The van der Waals surface area contributed by atoms with E-state index in [2.05, 4.69) is 10.2 Å². The molecule has 4 aromatic rings. The number of nitrogens with zero attached hydrogens (tertiary/aromatic N) is 4. The maximum absolute atomic E-state index is 14.1. The number of carbonyl (C=O) groups is 3. The van der Waals surface area contributed by atoms with Crippen LogP contribution in [0, 0.1) is 12.3 Å². The molecule has 0 saturated carbocycles. The summed E-state index contributed by atoms with van der Waals surface area (Å²) in [4.78, 5) is 54.8. The van der Waals surface area contributed by atoms with E-state index in [1.54, 1.807) is 42.2 Å². The van der Waals surface area contributed by atoms with Gasteiger partial charge in [-0.1, -0.05) is 12.1 Å². The second-order valence-electron chi connectivity index (χ2n) is 12.5. The predicted molar refractivity (Wildman–Crippen MR) is 187 cm³/mol. The number of amides is 2. The molecule has 246 valence electrons. The maximum atomic E-state index is 14.1. The molecule has 1 atom stereocenters. The highest BCUT2D eigenvalue weighted by molar-refractivity contribution is 7.16. The van der Waals surface area contributed by atoms with Crippen molar-refractivity contribution in [2.45, 2.75) is 39.7 Å². The number of benzene rings is 2. The fourth-order valence-electron chi connectivity index (χ4n) is 6.68. The van der Waals surface area contributed by atoms with Crippen LogP contribution in [0.4, 0.5) is 22.9 Å². The number of rotatable bonds is 7. The van der Waals surface area contributed by atoms with E-state index in [4.69, 9.17) is 19.5 Å². The first-order valence-corrected chi connectivity index (χ1v) is 17.1.